The van der Waals surface area contributed by atoms with Gasteiger partial charge in [-0.15, -0.1) is 0 Å². The molecule has 0 atom stereocenters. The molecule has 0 heterocycles. The summed E-state index contributed by atoms with van der Waals surface area (Å²) < 4.78 is 0. The van der Waals surface area contributed by atoms with Crippen LogP contribution in [0.4, 0.5) is 0 Å². The number of hydrogen-bond donors (Lipinski definition) is 1. The minimum absolute atomic E-state index is 0.324. The Morgan fingerprint density at radius 2 is 1.67 bits per heavy atom. The molecule has 1 heteroatoms. The zero-order valence-electron chi connectivity index (χ0n) is 10.9. The van der Waals surface area contributed by atoms with E-state index in [0.717, 1.165) is 37.0 Å². The molecule has 0 bridgehead atoms. The predicted octanol–water partition coefficient (Wildman–Crippen LogP) is 4.00. The molecule has 0 aromatic carbocycles. The molecular weight excluding hydrogens is 184 g/mol. The first-order chi connectivity index (χ1) is 6.93. The zero-order valence-corrected chi connectivity index (χ0v) is 10.9. The molecule has 1 fully saturated rings. The lowest BCUT2D eigenvalue weighted by Gasteiger charge is -2.38. The van der Waals surface area contributed by atoms with Gasteiger partial charge in [0.1, 0.15) is 0 Å². The summed E-state index contributed by atoms with van der Waals surface area (Å²) in [7, 11) is 0. The van der Waals surface area contributed by atoms with E-state index in [1.165, 1.54) is 19.3 Å². The quantitative estimate of drug-likeness (QED) is 0.747. The van der Waals surface area contributed by atoms with Crippen LogP contribution in [0.3, 0.4) is 0 Å². The summed E-state index contributed by atoms with van der Waals surface area (Å²) in [6, 6.07) is 0. The summed E-state index contributed by atoms with van der Waals surface area (Å²) in [5.74, 6) is 2.36. The van der Waals surface area contributed by atoms with Crippen molar-refractivity contribution in [2.24, 2.45) is 17.8 Å². The summed E-state index contributed by atoms with van der Waals surface area (Å²) in [6.45, 7) is 9.10. The van der Waals surface area contributed by atoms with E-state index in [-0.39, 0.29) is 5.60 Å². The molecule has 90 valence electrons. The maximum Gasteiger partial charge on any atom is 0.0648 e. The van der Waals surface area contributed by atoms with Crippen LogP contribution >= 0.6 is 0 Å². The van der Waals surface area contributed by atoms with Gasteiger partial charge in [-0.1, -0.05) is 27.7 Å². The standard InChI is InChI=1S/C14H28O/c1-11(2)5-8-14(15)9-6-13(7-10-14)12(3)4/h11-13,15H,5-10H2,1-4H3. The van der Waals surface area contributed by atoms with Gasteiger partial charge in [-0.3, -0.25) is 0 Å². The molecule has 0 radical (unpaired) electrons. The summed E-state index contributed by atoms with van der Waals surface area (Å²) in [5, 5.41) is 10.4. The first-order valence-electron chi connectivity index (χ1n) is 6.65. The highest BCUT2D eigenvalue weighted by atomic mass is 16.3. The van der Waals surface area contributed by atoms with Gasteiger partial charge in [0.25, 0.3) is 0 Å². The Kier molecular flexibility index (Phi) is 4.64. The molecule has 0 amide bonds. The second-order valence-corrected chi connectivity index (χ2v) is 6.24. The Balaban J connectivity index is 2.34. The van der Waals surface area contributed by atoms with Gasteiger partial charge in [0.05, 0.1) is 5.60 Å². The smallest absolute Gasteiger partial charge is 0.0648 e. The molecule has 0 unspecified atom stereocenters. The van der Waals surface area contributed by atoms with Crippen LogP contribution in [0.25, 0.3) is 0 Å². The molecule has 15 heavy (non-hydrogen) atoms. The fourth-order valence-electron chi connectivity index (χ4n) is 2.65. The minimum atomic E-state index is -0.324. The van der Waals surface area contributed by atoms with Crippen LogP contribution in [-0.4, -0.2) is 10.7 Å². The maximum absolute atomic E-state index is 10.4. The fourth-order valence-corrected chi connectivity index (χ4v) is 2.65. The molecule has 0 spiro atoms. The highest BCUT2D eigenvalue weighted by Crippen LogP contribution is 2.38. The Morgan fingerprint density at radius 1 is 1.13 bits per heavy atom. The molecule has 0 aromatic rings. The Morgan fingerprint density at radius 3 is 2.07 bits per heavy atom. The maximum atomic E-state index is 10.4. The SMILES string of the molecule is CC(C)CCC1(O)CCC(C(C)C)CC1. The highest BCUT2D eigenvalue weighted by molar-refractivity contribution is 4.86. The molecule has 1 rings (SSSR count). The van der Waals surface area contributed by atoms with Gasteiger partial charge in [-0.2, -0.15) is 0 Å². The number of hydrogen-bond acceptors (Lipinski definition) is 1. The number of rotatable bonds is 4. The van der Waals surface area contributed by atoms with Gasteiger partial charge in [-0.25, -0.2) is 0 Å². The molecular formula is C14H28O. The lowest BCUT2D eigenvalue weighted by atomic mass is 9.72. The molecule has 0 saturated heterocycles. The summed E-state index contributed by atoms with van der Waals surface area (Å²) in [5.41, 5.74) is -0.324. The first kappa shape index (κ1) is 13.0. The van der Waals surface area contributed by atoms with Crippen molar-refractivity contribution in [1.29, 1.82) is 0 Å². The van der Waals surface area contributed by atoms with Gasteiger partial charge < -0.3 is 5.11 Å². The molecule has 1 aliphatic carbocycles. The van der Waals surface area contributed by atoms with E-state index in [1.54, 1.807) is 0 Å². The van der Waals surface area contributed by atoms with Crippen molar-refractivity contribution in [2.45, 2.75) is 71.8 Å². The van der Waals surface area contributed by atoms with Crippen LogP contribution in [0.5, 0.6) is 0 Å². The highest BCUT2D eigenvalue weighted by Gasteiger charge is 2.33. The van der Waals surface area contributed by atoms with Gasteiger partial charge in [0, 0.05) is 0 Å². The van der Waals surface area contributed by atoms with E-state index in [1.807, 2.05) is 0 Å². The lowest BCUT2D eigenvalue weighted by Crippen LogP contribution is -2.35. The Hall–Kier alpha value is -0.0400. The third kappa shape index (κ3) is 4.14. The van der Waals surface area contributed by atoms with Crippen molar-refractivity contribution in [1.82, 2.24) is 0 Å². The van der Waals surface area contributed by atoms with E-state index in [4.69, 9.17) is 0 Å². The van der Waals surface area contributed by atoms with Crippen LogP contribution in [0.15, 0.2) is 0 Å². The van der Waals surface area contributed by atoms with E-state index in [9.17, 15) is 5.11 Å². The Labute approximate surface area is 95.3 Å². The first-order valence-corrected chi connectivity index (χ1v) is 6.65. The minimum Gasteiger partial charge on any atom is -0.390 e. The zero-order chi connectivity index (χ0) is 11.5. The molecule has 1 nitrogen and oxygen atoms in total. The molecule has 0 aliphatic heterocycles. The van der Waals surface area contributed by atoms with Gasteiger partial charge in [0.2, 0.25) is 0 Å². The van der Waals surface area contributed by atoms with E-state index >= 15 is 0 Å². The van der Waals surface area contributed by atoms with Crippen molar-refractivity contribution in [3.05, 3.63) is 0 Å². The lowest BCUT2D eigenvalue weighted by molar-refractivity contribution is -0.0256. The average molecular weight is 212 g/mol. The molecule has 1 N–H and O–H groups in total. The predicted molar refractivity (Wildman–Crippen MR) is 65.8 cm³/mol. The monoisotopic (exact) mass is 212 g/mol. The van der Waals surface area contributed by atoms with Gasteiger partial charge in [-0.05, 0) is 56.3 Å². The van der Waals surface area contributed by atoms with Crippen LogP contribution in [0.2, 0.25) is 0 Å². The number of aliphatic hydroxyl groups is 1. The third-order valence-corrected chi connectivity index (χ3v) is 4.09. The van der Waals surface area contributed by atoms with Crippen LogP contribution in [-0.2, 0) is 0 Å². The van der Waals surface area contributed by atoms with Crippen molar-refractivity contribution in [3.63, 3.8) is 0 Å². The summed E-state index contributed by atoms with van der Waals surface area (Å²) in [4.78, 5) is 0. The van der Waals surface area contributed by atoms with E-state index in [0.29, 0.717) is 0 Å². The molecule has 0 aromatic heterocycles. The normalized spacial score (nSPS) is 32.6. The molecule has 1 aliphatic rings. The van der Waals surface area contributed by atoms with Crippen molar-refractivity contribution >= 4 is 0 Å². The largest absolute Gasteiger partial charge is 0.390 e. The van der Waals surface area contributed by atoms with Gasteiger partial charge >= 0.3 is 0 Å². The Bertz CT molecular complexity index is 176. The van der Waals surface area contributed by atoms with Crippen LogP contribution in [0, 0.1) is 17.8 Å². The van der Waals surface area contributed by atoms with Crippen LogP contribution < -0.4 is 0 Å². The van der Waals surface area contributed by atoms with Crippen molar-refractivity contribution < 1.29 is 5.11 Å². The average Bonchev–Trinajstić information content (AvgIpc) is 2.16. The van der Waals surface area contributed by atoms with Gasteiger partial charge in [0.15, 0.2) is 0 Å². The molecule has 1 saturated carbocycles. The fraction of sp³-hybridized carbons (Fsp3) is 1.00. The summed E-state index contributed by atoms with van der Waals surface area (Å²) in [6.07, 6.45) is 6.70. The second kappa shape index (κ2) is 5.34. The van der Waals surface area contributed by atoms with E-state index < -0.39 is 0 Å². The van der Waals surface area contributed by atoms with Crippen LogP contribution in [0.1, 0.15) is 66.2 Å². The topological polar surface area (TPSA) is 20.2 Å². The van der Waals surface area contributed by atoms with E-state index in [2.05, 4.69) is 27.7 Å². The third-order valence-electron chi connectivity index (χ3n) is 4.09. The van der Waals surface area contributed by atoms with Crippen molar-refractivity contribution in [3.8, 4) is 0 Å². The summed E-state index contributed by atoms with van der Waals surface area (Å²) >= 11 is 0. The second-order valence-electron chi connectivity index (χ2n) is 6.24. The van der Waals surface area contributed by atoms with Crippen molar-refractivity contribution in [2.75, 3.05) is 0 Å².